The van der Waals surface area contributed by atoms with Crippen molar-refractivity contribution >= 4 is 5.91 Å². The highest BCUT2D eigenvalue weighted by molar-refractivity contribution is 5.93. The van der Waals surface area contributed by atoms with E-state index in [2.05, 4.69) is 38.3 Å². The van der Waals surface area contributed by atoms with Gasteiger partial charge in [-0.2, -0.15) is 0 Å². The summed E-state index contributed by atoms with van der Waals surface area (Å²) < 4.78 is 4.72. The van der Waals surface area contributed by atoms with Gasteiger partial charge < -0.3 is 15.1 Å². The lowest BCUT2D eigenvalue weighted by atomic mass is 9.79. The maximum atomic E-state index is 12.2. The molecule has 5 nitrogen and oxygen atoms in total. The third-order valence-corrected chi connectivity index (χ3v) is 3.49. The standard InChI is InChI=1S/C15H22N2O3/c1-14(2)7-11(8-15(3,4)17-14)16-13(19)10-5-6-12(18)20-9-10/h5-6,9,11,17H,7-8H2,1-4H3,(H,16,19). The summed E-state index contributed by atoms with van der Waals surface area (Å²) in [5.74, 6) is -0.202. The van der Waals surface area contributed by atoms with Crippen LogP contribution in [0.1, 0.15) is 50.9 Å². The monoisotopic (exact) mass is 278 g/mol. The van der Waals surface area contributed by atoms with Gasteiger partial charge in [0, 0.05) is 23.2 Å². The molecule has 0 aliphatic carbocycles. The van der Waals surface area contributed by atoms with E-state index in [0.29, 0.717) is 5.56 Å². The summed E-state index contributed by atoms with van der Waals surface area (Å²) in [4.78, 5) is 23.1. The van der Waals surface area contributed by atoms with E-state index in [9.17, 15) is 9.59 Å². The molecule has 1 fully saturated rings. The van der Waals surface area contributed by atoms with E-state index in [0.717, 1.165) is 12.8 Å². The number of amides is 1. The summed E-state index contributed by atoms with van der Waals surface area (Å²) in [7, 11) is 0. The second-order valence-electron chi connectivity index (χ2n) is 6.81. The van der Waals surface area contributed by atoms with E-state index in [-0.39, 0.29) is 23.0 Å². The van der Waals surface area contributed by atoms with Crippen LogP contribution in [0.4, 0.5) is 0 Å². The van der Waals surface area contributed by atoms with Crippen molar-refractivity contribution in [3.63, 3.8) is 0 Å². The Labute approximate surface area is 118 Å². The minimum absolute atomic E-state index is 0.0249. The first-order chi connectivity index (χ1) is 9.17. The van der Waals surface area contributed by atoms with Crippen LogP contribution in [-0.4, -0.2) is 23.0 Å². The summed E-state index contributed by atoms with van der Waals surface area (Å²) in [5.41, 5.74) is -0.129. The van der Waals surface area contributed by atoms with E-state index in [1.165, 1.54) is 18.4 Å². The predicted molar refractivity (Wildman–Crippen MR) is 76.8 cm³/mol. The van der Waals surface area contributed by atoms with Crippen molar-refractivity contribution in [2.75, 3.05) is 0 Å². The van der Waals surface area contributed by atoms with Crippen molar-refractivity contribution < 1.29 is 9.21 Å². The zero-order valence-electron chi connectivity index (χ0n) is 12.4. The highest BCUT2D eigenvalue weighted by Gasteiger charge is 2.38. The van der Waals surface area contributed by atoms with Crippen molar-refractivity contribution in [3.8, 4) is 0 Å². The molecule has 0 unspecified atom stereocenters. The van der Waals surface area contributed by atoms with Crippen LogP contribution in [0.15, 0.2) is 27.6 Å². The topological polar surface area (TPSA) is 71.3 Å². The van der Waals surface area contributed by atoms with Crippen LogP contribution in [0.5, 0.6) is 0 Å². The lowest BCUT2D eigenvalue weighted by molar-refractivity contribution is 0.0871. The number of piperidine rings is 1. The first kappa shape index (κ1) is 14.8. The molecule has 1 aromatic heterocycles. The molecule has 0 spiro atoms. The van der Waals surface area contributed by atoms with Crippen molar-refractivity contribution in [1.82, 2.24) is 10.6 Å². The Hall–Kier alpha value is -1.62. The molecule has 2 N–H and O–H groups in total. The zero-order chi connectivity index (χ0) is 15.0. The van der Waals surface area contributed by atoms with Crippen LogP contribution in [0, 0.1) is 0 Å². The average molecular weight is 278 g/mol. The fourth-order valence-electron chi connectivity index (χ4n) is 3.18. The van der Waals surface area contributed by atoms with E-state index in [1.54, 1.807) is 0 Å². The quantitative estimate of drug-likeness (QED) is 0.863. The van der Waals surface area contributed by atoms with Gasteiger partial charge in [-0.15, -0.1) is 0 Å². The molecule has 1 aromatic rings. The molecule has 1 amide bonds. The highest BCUT2D eigenvalue weighted by atomic mass is 16.4. The molecule has 0 atom stereocenters. The van der Waals surface area contributed by atoms with Crippen LogP contribution in [0.3, 0.4) is 0 Å². The van der Waals surface area contributed by atoms with Gasteiger partial charge in [-0.05, 0) is 46.6 Å². The number of nitrogens with one attached hydrogen (secondary N) is 2. The molecule has 1 aliphatic heterocycles. The lowest BCUT2D eigenvalue weighted by Gasteiger charge is -2.46. The zero-order valence-corrected chi connectivity index (χ0v) is 12.4. The molecule has 0 radical (unpaired) electrons. The summed E-state index contributed by atoms with van der Waals surface area (Å²) >= 11 is 0. The molecular weight excluding hydrogens is 256 g/mol. The summed E-state index contributed by atoms with van der Waals surface area (Å²) in [6, 6.07) is 2.84. The van der Waals surface area contributed by atoms with E-state index < -0.39 is 5.63 Å². The second kappa shape index (κ2) is 5.05. The van der Waals surface area contributed by atoms with E-state index >= 15 is 0 Å². The number of rotatable bonds is 2. The molecule has 0 saturated carbocycles. The third-order valence-electron chi connectivity index (χ3n) is 3.49. The maximum Gasteiger partial charge on any atom is 0.335 e. The van der Waals surface area contributed by atoms with Gasteiger partial charge in [0.05, 0.1) is 5.56 Å². The van der Waals surface area contributed by atoms with Gasteiger partial charge in [0.1, 0.15) is 6.26 Å². The Morgan fingerprint density at radius 2 is 1.85 bits per heavy atom. The number of hydrogen-bond acceptors (Lipinski definition) is 4. The average Bonchev–Trinajstić information content (AvgIpc) is 2.25. The fraction of sp³-hybridized carbons (Fsp3) is 0.600. The normalized spacial score (nSPS) is 21.4. The molecule has 2 rings (SSSR count). The SMILES string of the molecule is CC1(C)CC(NC(=O)c2ccc(=O)oc2)CC(C)(C)N1. The van der Waals surface area contributed by atoms with Gasteiger partial charge in [-0.25, -0.2) is 4.79 Å². The van der Waals surface area contributed by atoms with Crippen molar-refractivity contribution in [3.05, 3.63) is 34.4 Å². The van der Waals surface area contributed by atoms with E-state index in [4.69, 9.17) is 4.42 Å². The van der Waals surface area contributed by atoms with Crippen LogP contribution in [0.2, 0.25) is 0 Å². The Bertz CT molecular complexity index is 524. The first-order valence-corrected chi connectivity index (χ1v) is 6.86. The molecular formula is C15H22N2O3. The van der Waals surface area contributed by atoms with Crippen LogP contribution in [0.25, 0.3) is 0 Å². The minimum Gasteiger partial charge on any atom is -0.430 e. The van der Waals surface area contributed by atoms with Gasteiger partial charge in [0.2, 0.25) is 0 Å². The summed E-state index contributed by atoms with van der Waals surface area (Å²) in [5, 5.41) is 6.60. The van der Waals surface area contributed by atoms with Gasteiger partial charge in [0.15, 0.2) is 0 Å². The Morgan fingerprint density at radius 1 is 1.25 bits per heavy atom. The second-order valence-corrected chi connectivity index (χ2v) is 6.81. The fourth-order valence-corrected chi connectivity index (χ4v) is 3.18. The van der Waals surface area contributed by atoms with Crippen LogP contribution < -0.4 is 16.3 Å². The largest absolute Gasteiger partial charge is 0.430 e. The van der Waals surface area contributed by atoms with Crippen molar-refractivity contribution in [2.24, 2.45) is 0 Å². The highest BCUT2D eigenvalue weighted by Crippen LogP contribution is 2.28. The number of carbonyl (C=O) groups excluding carboxylic acids is 1. The smallest absolute Gasteiger partial charge is 0.335 e. The molecule has 0 aromatic carbocycles. The van der Waals surface area contributed by atoms with Crippen LogP contribution in [-0.2, 0) is 0 Å². The summed E-state index contributed by atoms with van der Waals surface area (Å²) in [6.07, 6.45) is 2.92. The van der Waals surface area contributed by atoms with Crippen LogP contribution >= 0.6 is 0 Å². The number of carbonyl (C=O) groups is 1. The van der Waals surface area contributed by atoms with Gasteiger partial charge in [0.25, 0.3) is 5.91 Å². The maximum absolute atomic E-state index is 12.2. The molecule has 2 heterocycles. The molecule has 5 heteroatoms. The van der Waals surface area contributed by atoms with Crippen molar-refractivity contribution in [2.45, 2.75) is 57.7 Å². The lowest BCUT2D eigenvalue weighted by Crippen LogP contribution is -2.62. The van der Waals surface area contributed by atoms with Gasteiger partial charge >= 0.3 is 5.63 Å². The molecule has 20 heavy (non-hydrogen) atoms. The number of hydrogen-bond donors (Lipinski definition) is 2. The Balaban J connectivity index is 2.07. The van der Waals surface area contributed by atoms with Gasteiger partial charge in [-0.3, -0.25) is 4.79 Å². The molecule has 1 saturated heterocycles. The predicted octanol–water partition coefficient (Wildman–Crippen LogP) is 1.68. The first-order valence-electron chi connectivity index (χ1n) is 6.86. The summed E-state index contributed by atoms with van der Waals surface area (Å²) in [6.45, 7) is 8.53. The molecule has 0 bridgehead atoms. The molecule has 1 aliphatic rings. The third kappa shape index (κ3) is 3.70. The van der Waals surface area contributed by atoms with Crippen molar-refractivity contribution in [1.29, 1.82) is 0 Å². The van der Waals surface area contributed by atoms with E-state index in [1.807, 2.05) is 0 Å². The minimum atomic E-state index is -0.453. The molecule has 110 valence electrons. The Kier molecular flexibility index (Phi) is 3.73. The Morgan fingerprint density at radius 3 is 2.35 bits per heavy atom. The van der Waals surface area contributed by atoms with Gasteiger partial charge in [-0.1, -0.05) is 0 Å².